The number of nitrogens with two attached hydrogens (primary N) is 1. The number of hydrogen-bond donors (Lipinski definition) is 2. The molecule has 1 heterocycles. The summed E-state index contributed by atoms with van der Waals surface area (Å²) in [6.07, 6.45) is 4.70. The molecule has 0 aliphatic carbocycles. The van der Waals surface area contributed by atoms with Crippen molar-refractivity contribution < 1.29 is 39.0 Å². The number of hydrogen-bond acceptors (Lipinski definition) is 17. The minimum Gasteiger partial charge on any atom is -0.397 e. The Hall–Kier alpha value is -7.78. The van der Waals surface area contributed by atoms with Crippen LogP contribution in [0, 0.1) is 88.4 Å². The van der Waals surface area contributed by atoms with E-state index in [4.69, 9.17) is 84.8 Å². The molecular formula is C51H54Cl6N10O14. The lowest BCUT2D eigenvalue weighted by molar-refractivity contribution is -0.394. The maximum Gasteiger partial charge on any atom is 0.294 e. The SMILES string of the molecule is CN(C)/C=C/c1cc(Cl)c([N+](=O)[O-])cc1[N+](=O)[O-].COC(OC)N(C)C.Cc1cc(Cl)c([N+](=O)[O-])cc1[N+](=O)[O-].Cc1cc(Cl)c([N+](=O)[O-])cc1[N+](=O)[O-].Cc1cccc(Cl)c1.Cc1cccc(Cl)c1.Nc1cc2[nH]ccc2cc1Cl. The van der Waals surface area contributed by atoms with Crippen LogP contribution >= 0.6 is 69.6 Å². The van der Waals surface area contributed by atoms with Crippen LogP contribution in [-0.2, 0) is 9.47 Å². The lowest BCUT2D eigenvalue weighted by Gasteiger charge is -2.19. The van der Waals surface area contributed by atoms with Crippen molar-refractivity contribution in [3.63, 3.8) is 0 Å². The fourth-order valence-electron chi connectivity index (χ4n) is 6.02. The number of nitro groups is 6. The Bertz CT molecular complexity index is 3080. The summed E-state index contributed by atoms with van der Waals surface area (Å²) in [6, 6.07) is 27.4. The third kappa shape index (κ3) is 25.1. The normalized spacial score (nSPS) is 10.1. The lowest BCUT2D eigenvalue weighted by Crippen LogP contribution is -2.30. The highest BCUT2D eigenvalue weighted by molar-refractivity contribution is 6.34. The molecule has 6 aromatic carbocycles. The van der Waals surface area contributed by atoms with E-state index in [1.165, 1.54) is 49.2 Å². The number of methoxy groups -OCH3 is 2. The van der Waals surface area contributed by atoms with Crippen molar-refractivity contribution in [2.75, 3.05) is 48.1 Å². The highest BCUT2D eigenvalue weighted by Crippen LogP contribution is 2.34. The van der Waals surface area contributed by atoms with Crippen molar-refractivity contribution in [3.8, 4) is 0 Å². The standard InChI is InChI=1S/C10H10ClN3O4.C8H7ClN2.2C7H5ClN2O4.2C7H7Cl.C5H13NO2/c1-12(2)4-3-7-5-8(11)10(14(17)18)6-9(7)13(15)16;9-6-3-5-1-2-11-8(5)4-7(6)10;2*1-4-2-5(8)7(10(13)14)3-6(4)9(11)12;2*1-6-3-2-4-7(8)5-6;1-6(2)5(7-3)8-4/h3-6H,1-2H3;1-4,11H,10H2;2*2-3H,1H3;2*2-5H,1H3;5H,1-4H3/b4-3+;;;;;;. The van der Waals surface area contributed by atoms with Crippen molar-refractivity contribution in [2.24, 2.45) is 0 Å². The van der Waals surface area contributed by atoms with Crippen molar-refractivity contribution in [3.05, 3.63) is 234 Å². The molecule has 0 saturated heterocycles. The van der Waals surface area contributed by atoms with Crippen LogP contribution in [0.3, 0.4) is 0 Å². The van der Waals surface area contributed by atoms with Gasteiger partial charge in [0.15, 0.2) is 0 Å². The van der Waals surface area contributed by atoms with Crippen LogP contribution in [0.4, 0.5) is 39.8 Å². The number of aromatic nitrogens is 1. The van der Waals surface area contributed by atoms with Crippen molar-refractivity contribution in [1.82, 2.24) is 14.8 Å². The number of aromatic amines is 1. The Morgan fingerprint density at radius 3 is 1.20 bits per heavy atom. The summed E-state index contributed by atoms with van der Waals surface area (Å²) in [5.74, 6) is 0. The molecule has 3 N–H and O–H groups in total. The quantitative estimate of drug-likeness (QED) is 0.0526. The molecule has 24 nitrogen and oxygen atoms in total. The molecule has 0 spiro atoms. The van der Waals surface area contributed by atoms with Crippen LogP contribution in [0.1, 0.15) is 27.8 Å². The van der Waals surface area contributed by atoms with Crippen LogP contribution in [0.25, 0.3) is 17.0 Å². The Kier molecular flexibility index (Phi) is 30.8. The lowest BCUT2D eigenvalue weighted by atomic mass is 10.1. The molecule has 7 aromatic rings. The fraction of sp³-hybridized carbons (Fsp3) is 0.216. The second-order valence-electron chi connectivity index (χ2n) is 16.6. The van der Waals surface area contributed by atoms with Gasteiger partial charge in [-0.2, -0.15) is 0 Å². The molecule has 0 aliphatic heterocycles. The Labute approximate surface area is 494 Å². The van der Waals surface area contributed by atoms with E-state index in [1.807, 2.05) is 106 Å². The molecule has 30 heteroatoms. The third-order valence-electron chi connectivity index (χ3n) is 9.82. The average Bonchev–Trinajstić information content (AvgIpc) is 3.81. The van der Waals surface area contributed by atoms with Gasteiger partial charge in [0.2, 0.25) is 6.41 Å². The molecule has 7 rings (SSSR count). The van der Waals surface area contributed by atoms with E-state index in [0.29, 0.717) is 21.8 Å². The third-order valence-corrected chi connectivity index (χ3v) is 11.5. The van der Waals surface area contributed by atoms with E-state index >= 15 is 0 Å². The van der Waals surface area contributed by atoms with Crippen molar-refractivity contribution in [2.45, 2.75) is 34.1 Å². The molecule has 0 aliphatic rings. The first-order chi connectivity index (χ1) is 37.8. The summed E-state index contributed by atoms with van der Waals surface area (Å²) in [7, 11) is 10.5. The van der Waals surface area contributed by atoms with Crippen LogP contribution in [0.5, 0.6) is 0 Å². The number of nitrogens with zero attached hydrogens (tertiary/aromatic N) is 8. The van der Waals surface area contributed by atoms with Crippen molar-refractivity contribution >= 4 is 126 Å². The molecule has 0 amide bonds. The minimum atomic E-state index is -0.755. The Morgan fingerprint density at radius 2 is 0.889 bits per heavy atom. The van der Waals surface area contributed by atoms with E-state index in [-0.39, 0.29) is 44.1 Å². The maximum atomic E-state index is 10.8. The smallest absolute Gasteiger partial charge is 0.294 e. The molecule has 0 radical (unpaired) electrons. The maximum absolute atomic E-state index is 10.8. The Morgan fingerprint density at radius 1 is 0.506 bits per heavy atom. The fourth-order valence-corrected chi connectivity index (χ4v) is 7.50. The van der Waals surface area contributed by atoms with Gasteiger partial charge in [-0.25, -0.2) is 0 Å². The minimum absolute atomic E-state index is 0.0990. The van der Waals surface area contributed by atoms with Gasteiger partial charge in [0.1, 0.15) is 15.1 Å². The predicted molar refractivity (Wildman–Crippen MR) is 318 cm³/mol. The number of aryl methyl sites for hydroxylation is 4. The van der Waals surface area contributed by atoms with Gasteiger partial charge in [-0.15, -0.1) is 0 Å². The number of nitrogens with one attached hydrogen (secondary N) is 1. The molecule has 0 saturated carbocycles. The van der Waals surface area contributed by atoms with Crippen molar-refractivity contribution in [1.29, 1.82) is 0 Å². The number of fused-ring (bicyclic) bond motifs is 1. The summed E-state index contributed by atoms with van der Waals surface area (Å²) < 4.78 is 9.73. The molecule has 0 unspecified atom stereocenters. The highest BCUT2D eigenvalue weighted by Gasteiger charge is 2.24. The zero-order valence-electron chi connectivity index (χ0n) is 44.8. The summed E-state index contributed by atoms with van der Waals surface area (Å²) in [5, 5.41) is 66.2. The molecule has 81 heavy (non-hydrogen) atoms. The van der Waals surface area contributed by atoms with E-state index < -0.39 is 46.6 Å². The molecule has 0 atom stereocenters. The average molecular weight is 1240 g/mol. The van der Waals surface area contributed by atoms with Gasteiger partial charge in [0.05, 0.1) is 64.0 Å². The van der Waals surface area contributed by atoms with Gasteiger partial charge < -0.3 is 25.1 Å². The first kappa shape index (κ1) is 71.2. The van der Waals surface area contributed by atoms with Crippen LogP contribution < -0.4 is 5.73 Å². The van der Waals surface area contributed by atoms with Crippen LogP contribution in [0.15, 0.2) is 116 Å². The van der Waals surface area contributed by atoms with Gasteiger partial charge in [0, 0.05) is 66.6 Å². The van der Waals surface area contributed by atoms with E-state index in [9.17, 15) is 60.7 Å². The van der Waals surface area contributed by atoms with Gasteiger partial charge in [-0.3, -0.25) is 65.6 Å². The van der Waals surface area contributed by atoms with Crippen LogP contribution in [0.2, 0.25) is 30.1 Å². The molecule has 434 valence electrons. The molecule has 0 fully saturated rings. The largest absolute Gasteiger partial charge is 0.397 e. The number of nitro benzene ring substituents is 6. The van der Waals surface area contributed by atoms with Crippen LogP contribution in [-0.4, -0.2) is 93.1 Å². The number of nitrogen functional groups attached to an aromatic ring is 1. The second kappa shape index (κ2) is 35.1. The summed E-state index contributed by atoms with van der Waals surface area (Å²) >= 11 is 33.9. The molecule has 0 bridgehead atoms. The zero-order valence-corrected chi connectivity index (χ0v) is 49.3. The van der Waals surface area contributed by atoms with Gasteiger partial charge >= 0.3 is 0 Å². The van der Waals surface area contributed by atoms with E-state index in [0.717, 1.165) is 39.1 Å². The van der Waals surface area contributed by atoms with E-state index in [1.54, 1.807) is 39.4 Å². The molecular weight excluding hydrogens is 1190 g/mol. The topological polar surface area (TPSA) is 326 Å². The molecule has 1 aromatic heterocycles. The summed E-state index contributed by atoms with van der Waals surface area (Å²) in [5.41, 5.74) is 8.09. The van der Waals surface area contributed by atoms with Gasteiger partial charge in [0.25, 0.3) is 34.1 Å². The number of benzene rings is 6. The predicted octanol–water partition coefficient (Wildman–Crippen LogP) is 15.4. The zero-order chi connectivity index (χ0) is 62.0. The van der Waals surface area contributed by atoms with Gasteiger partial charge in [-0.1, -0.05) is 93.9 Å². The highest BCUT2D eigenvalue weighted by atomic mass is 35.5. The first-order valence-electron chi connectivity index (χ1n) is 22.6. The van der Waals surface area contributed by atoms with Gasteiger partial charge in [-0.05, 0) is 126 Å². The number of anilines is 1. The summed E-state index contributed by atoms with van der Waals surface area (Å²) in [6.45, 7) is 6.97. The number of halogens is 6. The second-order valence-corrected chi connectivity index (χ2v) is 19.1. The monoisotopic (exact) mass is 1240 g/mol. The summed E-state index contributed by atoms with van der Waals surface area (Å²) in [4.78, 5) is 65.5. The number of ether oxygens (including phenoxy) is 2. The number of H-pyrrole nitrogens is 1. The van der Waals surface area contributed by atoms with E-state index in [2.05, 4.69) is 4.98 Å². The Balaban J connectivity index is 0.000000482. The first-order valence-corrected chi connectivity index (χ1v) is 24.9. The number of rotatable bonds is 11.